The molecule has 1 atom stereocenters. The molecule has 1 rings (SSSR count). The third kappa shape index (κ3) is 5.68. The van der Waals surface area contributed by atoms with Gasteiger partial charge in [0.05, 0.1) is 8.66 Å². The summed E-state index contributed by atoms with van der Waals surface area (Å²) >= 11 is 4.83. The summed E-state index contributed by atoms with van der Waals surface area (Å²) in [5.74, 6) is 0.781. The van der Waals surface area contributed by atoms with Gasteiger partial charge in [-0.1, -0.05) is 26.7 Å². The first-order chi connectivity index (χ1) is 7.99. The van der Waals surface area contributed by atoms with Crippen LogP contribution in [0.1, 0.15) is 49.7 Å². The minimum Gasteiger partial charge on any atom is -0.349 e. The van der Waals surface area contributed by atoms with Gasteiger partial charge in [0.1, 0.15) is 0 Å². The van der Waals surface area contributed by atoms with Gasteiger partial charge in [0.15, 0.2) is 0 Å². The number of nitrogens with one attached hydrogen (secondary N) is 1. The molecular formula is C13H20BrNOS. The normalized spacial score (nSPS) is 12.8. The Morgan fingerprint density at radius 1 is 1.35 bits per heavy atom. The zero-order valence-corrected chi connectivity index (χ0v) is 13.0. The van der Waals surface area contributed by atoms with Crippen LogP contribution in [0.3, 0.4) is 0 Å². The lowest BCUT2D eigenvalue weighted by molar-refractivity contribution is 0.0942. The fourth-order valence-corrected chi connectivity index (χ4v) is 2.92. The average molecular weight is 318 g/mol. The molecule has 96 valence electrons. The molecule has 0 spiro atoms. The largest absolute Gasteiger partial charge is 0.349 e. The fourth-order valence-electron chi connectivity index (χ4n) is 1.64. The van der Waals surface area contributed by atoms with Crippen LogP contribution in [-0.4, -0.2) is 11.9 Å². The molecule has 2 nitrogen and oxygen atoms in total. The molecule has 4 heteroatoms. The van der Waals surface area contributed by atoms with Crippen LogP contribution in [-0.2, 0) is 0 Å². The molecule has 1 heterocycles. The van der Waals surface area contributed by atoms with Gasteiger partial charge in [0.25, 0.3) is 5.91 Å². The monoisotopic (exact) mass is 317 g/mol. The highest BCUT2D eigenvalue weighted by Gasteiger charge is 2.11. The zero-order valence-electron chi connectivity index (χ0n) is 10.6. The van der Waals surface area contributed by atoms with Crippen molar-refractivity contribution in [3.63, 3.8) is 0 Å². The predicted molar refractivity (Wildman–Crippen MR) is 77.6 cm³/mol. The number of hydrogen-bond donors (Lipinski definition) is 1. The van der Waals surface area contributed by atoms with Gasteiger partial charge in [0.2, 0.25) is 0 Å². The summed E-state index contributed by atoms with van der Waals surface area (Å²) in [5, 5.41) is 3.03. The maximum absolute atomic E-state index is 11.8. The fraction of sp³-hybridized carbons (Fsp3) is 0.615. The van der Waals surface area contributed by atoms with E-state index in [9.17, 15) is 4.79 Å². The van der Waals surface area contributed by atoms with E-state index in [1.54, 1.807) is 0 Å². The number of rotatable bonds is 6. The second kappa shape index (κ2) is 7.17. The number of carbonyl (C=O) groups is 1. The van der Waals surface area contributed by atoms with E-state index >= 15 is 0 Å². The van der Waals surface area contributed by atoms with Crippen LogP contribution in [0.15, 0.2) is 15.9 Å². The number of amides is 1. The standard InChI is InChI=1S/C13H20BrNOS/c1-9(2)5-4-6-10(3)15-13(16)11-7-8-12(14)17-11/h7-10H,4-6H2,1-3H3,(H,15,16). The zero-order chi connectivity index (χ0) is 12.8. The molecule has 0 fully saturated rings. The average Bonchev–Trinajstić information content (AvgIpc) is 2.64. The minimum atomic E-state index is 0.0396. The molecular weight excluding hydrogens is 298 g/mol. The van der Waals surface area contributed by atoms with E-state index in [0.29, 0.717) is 0 Å². The molecule has 0 aliphatic rings. The van der Waals surface area contributed by atoms with Gasteiger partial charge < -0.3 is 5.32 Å². The first-order valence-electron chi connectivity index (χ1n) is 6.05. The highest BCUT2D eigenvalue weighted by atomic mass is 79.9. The smallest absolute Gasteiger partial charge is 0.261 e. The van der Waals surface area contributed by atoms with Crippen molar-refractivity contribution < 1.29 is 4.79 Å². The van der Waals surface area contributed by atoms with E-state index in [1.165, 1.54) is 24.2 Å². The second-order valence-corrected chi connectivity index (χ2v) is 7.27. The van der Waals surface area contributed by atoms with Gasteiger partial charge >= 0.3 is 0 Å². The van der Waals surface area contributed by atoms with Crippen molar-refractivity contribution in [2.24, 2.45) is 5.92 Å². The number of thiophene rings is 1. The van der Waals surface area contributed by atoms with Crippen molar-refractivity contribution in [3.05, 3.63) is 20.8 Å². The third-order valence-electron chi connectivity index (χ3n) is 2.59. The molecule has 0 saturated carbocycles. The Balaban J connectivity index is 2.31. The van der Waals surface area contributed by atoms with Gasteiger partial charge in [-0.15, -0.1) is 11.3 Å². The van der Waals surface area contributed by atoms with Crippen molar-refractivity contribution in [1.29, 1.82) is 0 Å². The molecule has 0 aliphatic heterocycles. The molecule has 1 aromatic heterocycles. The summed E-state index contributed by atoms with van der Waals surface area (Å²) < 4.78 is 0.995. The molecule has 0 aliphatic carbocycles. The van der Waals surface area contributed by atoms with E-state index in [-0.39, 0.29) is 11.9 Å². The van der Waals surface area contributed by atoms with Crippen LogP contribution >= 0.6 is 27.3 Å². The van der Waals surface area contributed by atoms with Crippen molar-refractivity contribution in [2.75, 3.05) is 0 Å². The van der Waals surface area contributed by atoms with Crippen molar-refractivity contribution in [3.8, 4) is 0 Å². The number of hydrogen-bond acceptors (Lipinski definition) is 2. The topological polar surface area (TPSA) is 29.1 Å². The third-order valence-corrected chi connectivity index (χ3v) is 4.22. The lowest BCUT2D eigenvalue weighted by Crippen LogP contribution is -2.31. The van der Waals surface area contributed by atoms with Crippen molar-refractivity contribution in [1.82, 2.24) is 5.32 Å². The number of carbonyl (C=O) groups excluding carboxylic acids is 1. The number of halogens is 1. The molecule has 1 aromatic rings. The summed E-state index contributed by atoms with van der Waals surface area (Å²) in [6.07, 6.45) is 3.45. The van der Waals surface area contributed by atoms with E-state index in [0.717, 1.165) is 21.0 Å². The molecule has 1 amide bonds. The van der Waals surface area contributed by atoms with Gasteiger partial charge in [-0.2, -0.15) is 0 Å². The highest BCUT2D eigenvalue weighted by Crippen LogP contribution is 2.22. The van der Waals surface area contributed by atoms with Crippen LogP contribution in [0.5, 0.6) is 0 Å². The minimum absolute atomic E-state index is 0.0396. The highest BCUT2D eigenvalue weighted by molar-refractivity contribution is 9.11. The first-order valence-corrected chi connectivity index (χ1v) is 7.66. The molecule has 0 saturated heterocycles. The Morgan fingerprint density at radius 2 is 2.06 bits per heavy atom. The summed E-state index contributed by atoms with van der Waals surface area (Å²) in [5.41, 5.74) is 0. The Hall–Kier alpha value is -0.350. The van der Waals surface area contributed by atoms with Crippen molar-refractivity contribution in [2.45, 2.75) is 46.1 Å². The summed E-state index contributed by atoms with van der Waals surface area (Å²) in [7, 11) is 0. The lowest BCUT2D eigenvalue weighted by Gasteiger charge is -2.13. The van der Waals surface area contributed by atoms with Crippen LogP contribution in [0.2, 0.25) is 0 Å². The van der Waals surface area contributed by atoms with E-state index < -0.39 is 0 Å². The predicted octanol–water partition coefficient (Wildman–Crippen LogP) is 4.46. The van der Waals surface area contributed by atoms with Crippen LogP contribution in [0.25, 0.3) is 0 Å². The Labute approximate surface area is 116 Å². The van der Waals surface area contributed by atoms with E-state index in [4.69, 9.17) is 0 Å². The van der Waals surface area contributed by atoms with Crippen molar-refractivity contribution >= 4 is 33.2 Å². The summed E-state index contributed by atoms with van der Waals surface area (Å²) in [4.78, 5) is 12.6. The van der Waals surface area contributed by atoms with Gasteiger partial charge in [-0.05, 0) is 47.3 Å². The molecule has 1 N–H and O–H groups in total. The Kier molecular flexibility index (Phi) is 6.20. The van der Waals surface area contributed by atoms with Gasteiger partial charge in [0, 0.05) is 6.04 Å². The summed E-state index contributed by atoms with van der Waals surface area (Å²) in [6.45, 7) is 6.53. The molecule has 0 bridgehead atoms. The molecule has 1 unspecified atom stereocenters. The van der Waals surface area contributed by atoms with Crippen LogP contribution in [0.4, 0.5) is 0 Å². The summed E-state index contributed by atoms with van der Waals surface area (Å²) in [6, 6.07) is 4.01. The Bertz CT molecular complexity index is 362. The molecule has 0 radical (unpaired) electrons. The quantitative estimate of drug-likeness (QED) is 0.824. The molecule has 17 heavy (non-hydrogen) atoms. The maximum Gasteiger partial charge on any atom is 0.261 e. The molecule has 0 aromatic carbocycles. The lowest BCUT2D eigenvalue weighted by atomic mass is 10.0. The van der Waals surface area contributed by atoms with Crippen LogP contribution in [0, 0.1) is 5.92 Å². The second-order valence-electron chi connectivity index (χ2n) is 4.80. The van der Waals surface area contributed by atoms with E-state index in [1.807, 2.05) is 12.1 Å². The maximum atomic E-state index is 11.8. The SMILES string of the molecule is CC(C)CCCC(C)NC(=O)c1ccc(Br)s1. The van der Waals surface area contributed by atoms with Gasteiger partial charge in [-0.25, -0.2) is 0 Å². The van der Waals surface area contributed by atoms with Gasteiger partial charge in [-0.3, -0.25) is 4.79 Å². The Morgan fingerprint density at radius 3 is 2.59 bits per heavy atom. The first kappa shape index (κ1) is 14.7. The van der Waals surface area contributed by atoms with E-state index in [2.05, 4.69) is 42.0 Å². The van der Waals surface area contributed by atoms with Crippen LogP contribution < -0.4 is 5.32 Å².